The third kappa shape index (κ3) is 4.64. The van der Waals surface area contributed by atoms with Gasteiger partial charge in [-0.3, -0.25) is 9.59 Å². The number of likely N-dealkylation sites (tertiary alicyclic amines) is 1. The van der Waals surface area contributed by atoms with Crippen LogP contribution in [-0.4, -0.2) is 51.1 Å². The fourth-order valence-corrected chi connectivity index (χ4v) is 4.42. The third-order valence-electron chi connectivity index (χ3n) is 6.18. The Balaban J connectivity index is 1.58. The number of hydrogen-bond donors (Lipinski definition) is 0. The van der Waals surface area contributed by atoms with Crippen LogP contribution in [0.25, 0.3) is 28.2 Å². The second-order valence-corrected chi connectivity index (χ2v) is 8.54. The Bertz CT molecular complexity index is 1370. The lowest BCUT2D eigenvalue weighted by Crippen LogP contribution is -2.43. The van der Waals surface area contributed by atoms with Crippen molar-refractivity contribution >= 4 is 17.5 Å². The number of nitrogens with zero attached hydrogens (tertiary/aromatic N) is 4. The molecule has 0 radical (unpaired) electrons. The summed E-state index contributed by atoms with van der Waals surface area (Å²) in [6.45, 7) is 2.92. The van der Waals surface area contributed by atoms with Crippen LogP contribution >= 0.6 is 0 Å². The van der Waals surface area contributed by atoms with Crippen LogP contribution in [0.15, 0.2) is 66.7 Å². The highest BCUT2D eigenvalue weighted by Gasteiger charge is 2.31. The average molecular weight is 473 g/mol. The van der Waals surface area contributed by atoms with Gasteiger partial charge in [0.2, 0.25) is 0 Å². The summed E-state index contributed by atoms with van der Waals surface area (Å²) < 4.78 is 20.3. The zero-order chi connectivity index (χ0) is 24.4. The molecular formula is C27H25FN4O3. The van der Waals surface area contributed by atoms with E-state index in [2.05, 4.69) is 5.10 Å². The highest BCUT2D eigenvalue weighted by molar-refractivity contribution is 5.95. The minimum absolute atomic E-state index is 0.238. The molecule has 1 atom stereocenters. The van der Waals surface area contributed by atoms with Crippen molar-refractivity contribution in [2.45, 2.75) is 19.8 Å². The van der Waals surface area contributed by atoms with Crippen LogP contribution in [0.2, 0.25) is 0 Å². The predicted molar refractivity (Wildman–Crippen MR) is 129 cm³/mol. The summed E-state index contributed by atoms with van der Waals surface area (Å²) in [4.78, 5) is 32.5. The largest absolute Gasteiger partial charge is 0.466 e. The summed E-state index contributed by atoms with van der Waals surface area (Å²) in [5.74, 6) is -1.21. The SMILES string of the molecule is CCOC(=O)[C@@H]1CCCN(C(=O)c2cc(-c3ccc(F)cc3)nc3cc(-c4ccccc4)nn23)C1. The topological polar surface area (TPSA) is 76.8 Å². The molecule has 35 heavy (non-hydrogen) atoms. The fraction of sp³-hybridized carbons (Fsp3) is 0.259. The number of halogens is 1. The van der Waals surface area contributed by atoms with Gasteiger partial charge in [0.05, 0.1) is 23.9 Å². The van der Waals surface area contributed by atoms with Crippen LogP contribution in [0.3, 0.4) is 0 Å². The summed E-state index contributed by atoms with van der Waals surface area (Å²) in [7, 11) is 0. The zero-order valence-corrected chi connectivity index (χ0v) is 19.4. The number of esters is 1. The summed E-state index contributed by atoms with van der Waals surface area (Å²) in [6, 6.07) is 19.2. The Morgan fingerprint density at radius 3 is 2.51 bits per heavy atom. The molecule has 5 rings (SSSR count). The van der Waals surface area contributed by atoms with Gasteiger partial charge in [-0.25, -0.2) is 13.9 Å². The Morgan fingerprint density at radius 1 is 1.03 bits per heavy atom. The molecule has 3 heterocycles. The van der Waals surface area contributed by atoms with E-state index in [4.69, 9.17) is 9.72 Å². The van der Waals surface area contributed by atoms with E-state index in [1.165, 1.54) is 12.1 Å². The summed E-state index contributed by atoms with van der Waals surface area (Å²) >= 11 is 0. The molecule has 0 aliphatic carbocycles. The van der Waals surface area contributed by atoms with Gasteiger partial charge < -0.3 is 9.64 Å². The van der Waals surface area contributed by atoms with E-state index in [-0.39, 0.29) is 23.6 Å². The molecule has 1 saturated heterocycles. The molecule has 2 aromatic heterocycles. The maximum atomic E-state index is 13.7. The number of hydrogen-bond acceptors (Lipinski definition) is 5. The van der Waals surface area contributed by atoms with Crippen molar-refractivity contribution < 1.29 is 18.7 Å². The first-order valence-electron chi connectivity index (χ1n) is 11.7. The Kier molecular flexibility index (Phi) is 6.27. The van der Waals surface area contributed by atoms with E-state index < -0.39 is 0 Å². The third-order valence-corrected chi connectivity index (χ3v) is 6.18. The number of amides is 1. The Labute approximate surface area is 202 Å². The van der Waals surface area contributed by atoms with Gasteiger partial charge in [0.25, 0.3) is 5.91 Å². The van der Waals surface area contributed by atoms with E-state index in [0.717, 1.165) is 5.56 Å². The number of carbonyl (C=O) groups is 2. The molecule has 4 aromatic rings. The molecule has 1 amide bonds. The highest BCUT2D eigenvalue weighted by Crippen LogP contribution is 2.26. The van der Waals surface area contributed by atoms with Crippen LogP contribution in [-0.2, 0) is 9.53 Å². The van der Waals surface area contributed by atoms with Crippen molar-refractivity contribution in [2.75, 3.05) is 19.7 Å². The van der Waals surface area contributed by atoms with Crippen molar-refractivity contribution in [1.29, 1.82) is 0 Å². The van der Waals surface area contributed by atoms with Gasteiger partial charge in [0.1, 0.15) is 11.5 Å². The van der Waals surface area contributed by atoms with Gasteiger partial charge in [0.15, 0.2) is 5.65 Å². The molecule has 0 spiro atoms. The molecule has 0 saturated carbocycles. The number of carbonyl (C=O) groups excluding carboxylic acids is 2. The average Bonchev–Trinajstić information content (AvgIpc) is 3.33. The van der Waals surface area contributed by atoms with E-state index in [0.29, 0.717) is 60.8 Å². The number of aromatic nitrogens is 3. The predicted octanol–water partition coefficient (Wildman–Crippen LogP) is 4.62. The number of piperidine rings is 1. The Hall–Kier alpha value is -4.07. The lowest BCUT2D eigenvalue weighted by atomic mass is 9.98. The fourth-order valence-electron chi connectivity index (χ4n) is 4.42. The maximum absolute atomic E-state index is 13.7. The standard InChI is InChI=1S/C27H25FN4O3/c1-2-35-27(34)20-9-6-14-31(17-20)26(33)24-15-22(19-10-12-21(28)13-11-19)29-25-16-23(30-32(24)25)18-7-4-3-5-8-18/h3-5,7-8,10-13,15-16,20H,2,6,9,14,17H2,1H3/t20-/m1/s1. The van der Waals surface area contributed by atoms with Crippen molar-refractivity contribution in [3.05, 3.63) is 78.2 Å². The van der Waals surface area contributed by atoms with Gasteiger partial charge in [-0.05, 0) is 50.1 Å². The second-order valence-electron chi connectivity index (χ2n) is 8.54. The monoisotopic (exact) mass is 472 g/mol. The van der Waals surface area contributed by atoms with Crippen molar-refractivity contribution in [3.63, 3.8) is 0 Å². The number of ether oxygens (including phenoxy) is 1. The van der Waals surface area contributed by atoms with E-state index in [9.17, 15) is 14.0 Å². The minimum Gasteiger partial charge on any atom is -0.466 e. The first-order chi connectivity index (χ1) is 17.0. The molecule has 2 aromatic carbocycles. The van der Waals surface area contributed by atoms with Gasteiger partial charge >= 0.3 is 5.97 Å². The molecule has 8 heteroatoms. The van der Waals surface area contributed by atoms with Gasteiger partial charge in [-0.15, -0.1) is 0 Å². The molecule has 178 valence electrons. The normalized spacial score (nSPS) is 15.8. The van der Waals surface area contributed by atoms with Crippen LogP contribution in [0.1, 0.15) is 30.3 Å². The van der Waals surface area contributed by atoms with Crippen LogP contribution < -0.4 is 0 Å². The van der Waals surface area contributed by atoms with Crippen molar-refractivity contribution in [2.24, 2.45) is 5.92 Å². The molecule has 0 N–H and O–H groups in total. The maximum Gasteiger partial charge on any atom is 0.310 e. The first-order valence-corrected chi connectivity index (χ1v) is 11.7. The lowest BCUT2D eigenvalue weighted by Gasteiger charge is -2.31. The van der Waals surface area contributed by atoms with Crippen LogP contribution in [0.5, 0.6) is 0 Å². The molecule has 0 unspecified atom stereocenters. The van der Waals surface area contributed by atoms with Crippen LogP contribution in [0.4, 0.5) is 4.39 Å². The smallest absolute Gasteiger partial charge is 0.310 e. The molecule has 1 aliphatic heterocycles. The van der Waals surface area contributed by atoms with Gasteiger partial charge in [0, 0.05) is 30.3 Å². The van der Waals surface area contributed by atoms with E-state index in [1.54, 1.807) is 34.5 Å². The lowest BCUT2D eigenvalue weighted by molar-refractivity contribution is -0.149. The Morgan fingerprint density at radius 2 is 1.77 bits per heavy atom. The van der Waals surface area contributed by atoms with Crippen molar-refractivity contribution in [3.8, 4) is 22.5 Å². The van der Waals surface area contributed by atoms with Crippen LogP contribution in [0, 0.1) is 11.7 Å². The minimum atomic E-state index is -0.348. The van der Waals surface area contributed by atoms with E-state index in [1.807, 2.05) is 36.4 Å². The van der Waals surface area contributed by atoms with Gasteiger partial charge in [-0.1, -0.05) is 30.3 Å². The quantitative estimate of drug-likeness (QED) is 0.396. The molecule has 1 aliphatic rings. The number of fused-ring (bicyclic) bond motifs is 1. The summed E-state index contributed by atoms with van der Waals surface area (Å²) in [5, 5.41) is 4.69. The molecular weight excluding hydrogens is 447 g/mol. The van der Waals surface area contributed by atoms with E-state index >= 15 is 0 Å². The summed E-state index contributed by atoms with van der Waals surface area (Å²) in [6.07, 6.45) is 1.40. The second kappa shape index (κ2) is 9.66. The summed E-state index contributed by atoms with van der Waals surface area (Å²) in [5.41, 5.74) is 3.66. The van der Waals surface area contributed by atoms with Crippen molar-refractivity contribution in [1.82, 2.24) is 19.5 Å². The molecule has 7 nitrogen and oxygen atoms in total. The molecule has 1 fully saturated rings. The number of benzene rings is 2. The zero-order valence-electron chi connectivity index (χ0n) is 19.4. The number of rotatable bonds is 5. The van der Waals surface area contributed by atoms with Gasteiger partial charge in [-0.2, -0.15) is 5.10 Å². The molecule has 0 bridgehead atoms. The first kappa shape index (κ1) is 22.7. The highest BCUT2D eigenvalue weighted by atomic mass is 19.1.